The van der Waals surface area contributed by atoms with Gasteiger partial charge in [-0.15, -0.1) is 0 Å². The average Bonchev–Trinajstić information content (AvgIpc) is 2.43. The van der Waals surface area contributed by atoms with E-state index in [0.29, 0.717) is 0 Å². The molecule has 0 radical (unpaired) electrons. The van der Waals surface area contributed by atoms with Crippen LogP contribution in [-0.4, -0.2) is 17.2 Å². The molecule has 2 rings (SSSR count). The van der Waals surface area contributed by atoms with Gasteiger partial charge in [0.1, 0.15) is 0 Å². The van der Waals surface area contributed by atoms with Crippen molar-refractivity contribution in [1.29, 1.82) is 0 Å². The number of hydrogen-bond donors (Lipinski definition) is 1. The first kappa shape index (κ1) is 14.7. The van der Waals surface area contributed by atoms with Gasteiger partial charge in [0, 0.05) is 6.04 Å². The first-order valence-electron chi connectivity index (χ1n) is 7.05. The molecule has 0 aliphatic heterocycles. The topological polar surface area (TPSA) is 37.8 Å². The van der Waals surface area contributed by atoms with Crippen molar-refractivity contribution in [3.05, 3.63) is 57.9 Å². The maximum Gasteiger partial charge on any atom is 0.0648 e. The van der Waals surface area contributed by atoms with Crippen LogP contribution in [0.2, 0.25) is 0 Å². The molecule has 1 heterocycles. The first-order chi connectivity index (χ1) is 9.51. The molecule has 1 atom stereocenters. The summed E-state index contributed by atoms with van der Waals surface area (Å²) in [5, 5.41) is 11.7. The van der Waals surface area contributed by atoms with Gasteiger partial charge >= 0.3 is 0 Å². The first-order valence-corrected chi connectivity index (χ1v) is 7.05. The predicted octanol–water partition coefficient (Wildman–Crippen LogP) is 3.21. The van der Waals surface area contributed by atoms with Gasteiger partial charge in [-0.1, -0.05) is 18.2 Å². The van der Waals surface area contributed by atoms with Crippen LogP contribution in [-0.2, 0) is 6.42 Å². The molecule has 1 aromatic carbocycles. The summed E-state index contributed by atoms with van der Waals surface area (Å²) in [7, 11) is 2.00. The summed E-state index contributed by atoms with van der Waals surface area (Å²) in [6.07, 6.45) is 0.962. The van der Waals surface area contributed by atoms with E-state index in [1.807, 2.05) is 20.9 Å². The summed E-state index contributed by atoms with van der Waals surface area (Å²) in [6.45, 7) is 8.32. The van der Waals surface area contributed by atoms with Crippen LogP contribution in [0.1, 0.15) is 39.7 Å². The standard InChI is InChI=1S/C17H23N3/c1-11-6-7-15(8-12(11)2)10-17(18-5)16-9-13(3)19-20-14(16)4/h6-9,17-18H,10H2,1-5H3. The van der Waals surface area contributed by atoms with Crippen molar-refractivity contribution >= 4 is 0 Å². The Bertz CT molecular complexity index is 605. The van der Waals surface area contributed by atoms with Gasteiger partial charge in [0.05, 0.1) is 11.4 Å². The fourth-order valence-corrected chi connectivity index (χ4v) is 2.46. The Hall–Kier alpha value is -1.74. The molecule has 0 spiro atoms. The van der Waals surface area contributed by atoms with Crippen molar-refractivity contribution < 1.29 is 0 Å². The molecular formula is C17H23N3. The Labute approximate surface area is 121 Å². The van der Waals surface area contributed by atoms with E-state index in [-0.39, 0.29) is 6.04 Å². The lowest BCUT2D eigenvalue weighted by molar-refractivity contribution is 0.582. The summed E-state index contributed by atoms with van der Waals surface area (Å²) in [5.41, 5.74) is 7.23. The van der Waals surface area contributed by atoms with Gasteiger partial charge in [-0.05, 0) is 69.5 Å². The lowest BCUT2D eigenvalue weighted by Gasteiger charge is -2.19. The van der Waals surface area contributed by atoms with Crippen molar-refractivity contribution in [3.63, 3.8) is 0 Å². The summed E-state index contributed by atoms with van der Waals surface area (Å²) in [5.74, 6) is 0. The maximum absolute atomic E-state index is 4.23. The number of aromatic nitrogens is 2. The van der Waals surface area contributed by atoms with Gasteiger partial charge in [-0.2, -0.15) is 10.2 Å². The molecule has 0 saturated carbocycles. The molecule has 20 heavy (non-hydrogen) atoms. The van der Waals surface area contributed by atoms with Crippen LogP contribution in [0.4, 0.5) is 0 Å². The third kappa shape index (κ3) is 3.23. The van der Waals surface area contributed by atoms with Crippen LogP contribution >= 0.6 is 0 Å². The smallest absolute Gasteiger partial charge is 0.0648 e. The van der Waals surface area contributed by atoms with Gasteiger partial charge in [0.2, 0.25) is 0 Å². The van der Waals surface area contributed by atoms with Crippen LogP contribution < -0.4 is 5.32 Å². The van der Waals surface area contributed by atoms with Gasteiger partial charge in [0.15, 0.2) is 0 Å². The molecule has 0 aliphatic carbocycles. The number of likely N-dealkylation sites (N-methyl/N-ethyl adjacent to an activating group) is 1. The maximum atomic E-state index is 4.23. The molecule has 0 fully saturated rings. The second-order valence-electron chi connectivity index (χ2n) is 5.49. The number of benzene rings is 1. The Morgan fingerprint density at radius 1 is 1.00 bits per heavy atom. The van der Waals surface area contributed by atoms with Gasteiger partial charge < -0.3 is 5.32 Å². The van der Waals surface area contributed by atoms with Crippen molar-refractivity contribution in [2.75, 3.05) is 7.05 Å². The monoisotopic (exact) mass is 269 g/mol. The highest BCUT2D eigenvalue weighted by Crippen LogP contribution is 2.22. The van der Waals surface area contributed by atoms with E-state index < -0.39 is 0 Å². The number of nitrogens with one attached hydrogen (secondary N) is 1. The molecule has 3 nitrogen and oxygen atoms in total. The van der Waals surface area contributed by atoms with Crippen LogP contribution in [0, 0.1) is 27.7 Å². The van der Waals surface area contributed by atoms with E-state index in [1.165, 1.54) is 22.3 Å². The van der Waals surface area contributed by atoms with E-state index in [0.717, 1.165) is 17.8 Å². The highest BCUT2D eigenvalue weighted by molar-refractivity contribution is 5.32. The molecule has 1 aromatic heterocycles. The molecule has 1 unspecified atom stereocenters. The third-order valence-corrected chi connectivity index (χ3v) is 3.87. The zero-order chi connectivity index (χ0) is 14.7. The Kier molecular flexibility index (Phi) is 4.50. The van der Waals surface area contributed by atoms with E-state index in [1.54, 1.807) is 0 Å². The van der Waals surface area contributed by atoms with Crippen molar-refractivity contribution in [3.8, 4) is 0 Å². The van der Waals surface area contributed by atoms with Gasteiger partial charge in [-0.3, -0.25) is 0 Å². The van der Waals surface area contributed by atoms with Crippen molar-refractivity contribution in [1.82, 2.24) is 15.5 Å². The van der Waals surface area contributed by atoms with Gasteiger partial charge in [0.25, 0.3) is 0 Å². The molecular weight excluding hydrogens is 246 g/mol. The number of hydrogen-bond acceptors (Lipinski definition) is 3. The van der Waals surface area contributed by atoms with E-state index in [2.05, 4.69) is 53.6 Å². The summed E-state index contributed by atoms with van der Waals surface area (Å²) >= 11 is 0. The van der Waals surface area contributed by atoms with Crippen molar-refractivity contribution in [2.24, 2.45) is 0 Å². The quantitative estimate of drug-likeness (QED) is 0.926. The zero-order valence-electron chi connectivity index (χ0n) is 13.0. The SMILES string of the molecule is CNC(Cc1ccc(C)c(C)c1)c1cc(C)nnc1C. The molecule has 2 aromatic rings. The van der Waals surface area contributed by atoms with Gasteiger partial charge in [-0.25, -0.2) is 0 Å². The van der Waals surface area contributed by atoms with Crippen LogP contribution in [0.5, 0.6) is 0 Å². The predicted molar refractivity (Wildman–Crippen MR) is 82.9 cm³/mol. The minimum atomic E-state index is 0.270. The third-order valence-electron chi connectivity index (χ3n) is 3.87. The van der Waals surface area contributed by atoms with E-state index in [4.69, 9.17) is 0 Å². The van der Waals surface area contributed by atoms with Crippen LogP contribution in [0.25, 0.3) is 0 Å². The zero-order valence-corrected chi connectivity index (χ0v) is 13.0. The molecule has 0 aliphatic rings. The highest BCUT2D eigenvalue weighted by Gasteiger charge is 2.14. The fourth-order valence-electron chi connectivity index (χ4n) is 2.46. The summed E-state index contributed by atoms with van der Waals surface area (Å²) in [6, 6.07) is 9.08. The lowest BCUT2D eigenvalue weighted by Crippen LogP contribution is -2.21. The molecule has 106 valence electrons. The summed E-state index contributed by atoms with van der Waals surface area (Å²) < 4.78 is 0. The molecule has 3 heteroatoms. The van der Waals surface area contributed by atoms with E-state index in [9.17, 15) is 0 Å². The Balaban J connectivity index is 2.28. The minimum Gasteiger partial charge on any atom is -0.313 e. The Morgan fingerprint density at radius 2 is 1.75 bits per heavy atom. The number of rotatable bonds is 4. The lowest BCUT2D eigenvalue weighted by atomic mass is 9.96. The molecule has 0 bridgehead atoms. The molecule has 0 saturated heterocycles. The second kappa shape index (κ2) is 6.14. The highest BCUT2D eigenvalue weighted by atomic mass is 15.1. The van der Waals surface area contributed by atoms with Crippen molar-refractivity contribution in [2.45, 2.75) is 40.2 Å². The largest absolute Gasteiger partial charge is 0.313 e. The van der Waals surface area contributed by atoms with Crippen LogP contribution in [0.3, 0.4) is 0 Å². The van der Waals surface area contributed by atoms with E-state index >= 15 is 0 Å². The second-order valence-corrected chi connectivity index (χ2v) is 5.49. The average molecular weight is 269 g/mol. The normalized spacial score (nSPS) is 12.4. The minimum absolute atomic E-state index is 0.270. The fraction of sp³-hybridized carbons (Fsp3) is 0.412. The Morgan fingerprint density at radius 3 is 2.40 bits per heavy atom. The number of nitrogens with zero attached hydrogens (tertiary/aromatic N) is 2. The number of aryl methyl sites for hydroxylation is 4. The summed E-state index contributed by atoms with van der Waals surface area (Å²) in [4.78, 5) is 0. The van der Waals surface area contributed by atoms with Crippen LogP contribution in [0.15, 0.2) is 24.3 Å². The molecule has 1 N–H and O–H groups in total. The molecule has 0 amide bonds.